The first-order valence-corrected chi connectivity index (χ1v) is 8.19. The highest BCUT2D eigenvalue weighted by atomic mass is 32.2. The average molecular weight is 288 g/mol. The molecule has 1 N–H and O–H groups in total. The average Bonchev–Trinajstić information content (AvgIpc) is 2.75. The number of aliphatic hydroxyl groups is 1. The molecule has 0 radical (unpaired) electrons. The van der Waals surface area contributed by atoms with Gasteiger partial charge in [-0.3, -0.25) is 0 Å². The summed E-state index contributed by atoms with van der Waals surface area (Å²) in [6.07, 6.45) is 2.43. The lowest BCUT2D eigenvalue weighted by molar-refractivity contribution is -0.172. The van der Waals surface area contributed by atoms with Gasteiger partial charge in [0.25, 0.3) is 0 Å². The molecule has 2 rings (SSSR count). The maximum Gasteiger partial charge on any atom is 0.346 e. The SMILES string of the molecule is CC(C)[C@H]1C(OC(=O)C2O[C@H](O)CS2)CCC[C@H]1C. The zero-order chi connectivity index (χ0) is 14.0. The smallest absolute Gasteiger partial charge is 0.346 e. The summed E-state index contributed by atoms with van der Waals surface area (Å²) < 4.78 is 10.8. The van der Waals surface area contributed by atoms with E-state index in [9.17, 15) is 9.90 Å². The number of hydrogen-bond acceptors (Lipinski definition) is 5. The van der Waals surface area contributed by atoms with Gasteiger partial charge in [0.15, 0.2) is 6.29 Å². The van der Waals surface area contributed by atoms with Crippen LogP contribution in [0.15, 0.2) is 0 Å². The zero-order valence-electron chi connectivity index (χ0n) is 11.9. The van der Waals surface area contributed by atoms with E-state index in [1.54, 1.807) is 0 Å². The first kappa shape index (κ1) is 15.1. The van der Waals surface area contributed by atoms with Gasteiger partial charge in [0.2, 0.25) is 5.44 Å². The minimum Gasteiger partial charge on any atom is -0.459 e. The highest BCUT2D eigenvalue weighted by Gasteiger charge is 2.38. The number of thioether (sulfide) groups is 1. The summed E-state index contributed by atoms with van der Waals surface area (Å²) in [5.74, 6) is 1.64. The quantitative estimate of drug-likeness (QED) is 0.808. The molecule has 0 aromatic carbocycles. The van der Waals surface area contributed by atoms with E-state index in [4.69, 9.17) is 9.47 Å². The van der Waals surface area contributed by atoms with Crippen LogP contribution in [0.4, 0.5) is 0 Å². The van der Waals surface area contributed by atoms with Crippen LogP contribution in [0.1, 0.15) is 40.0 Å². The fourth-order valence-electron chi connectivity index (χ4n) is 3.34. The minimum absolute atomic E-state index is 0.00167. The third-order valence-electron chi connectivity index (χ3n) is 4.14. The Balaban J connectivity index is 1.94. The number of ether oxygens (including phenoxy) is 2. The summed E-state index contributed by atoms with van der Waals surface area (Å²) in [5.41, 5.74) is -0.653. The molecule has 110 valence electrons. The molecular formula is C14H24O4S. The molecule has 0 aromatic heterocycles. The molecule has 2 unspecified atom stereocenters. The molecule has 2 aliphatic rings. The molecule has 5 heteroatoms. The van der Waals surface area contributed by atoms with Gasteiger partial charge in [-0.25, -0.2) is 4.79 Å². The molecule has 19 heavy (non-hydrogen) atoms. The van der Waals surface area contributed by atoms with E-state index in [1.807, 2.05) is 0 Å². The van der Waals surface area contributed by atoms with E-state index in [0.29, 0.717) is 23.5 Å². The van der Waals surface area contributed by atoms with Crippen molar-refractivity contribution < 1.29 is 19.4 Å². The lowest BCUT2D eigenvalue weighted by Crippen LogP contribution is -2.39. The topological polar surface area (TPSA) is 55.8 Å². The van der Waals surface area contributed by atoms with Crippen LogP contribution >= 0.6 is 11.8 Å². The molecule has 0 bridgehead atoms. The van der Waals surface area contributed by atoms with Crippen LogP contribution in [0.3, 0.4) is 0 Å². The number of esters is 1. The highest BCUT2D eigenvalue weighted by molar-refractivity contribution is 8.00. The summed E-state index contributed by atoms with van der Waals surface area (Å²) in [4.78, 5) is 12.1. The second kappa shape index (κ2) is 6.46. The summed E-state index contributed by atoms with van der Waals surface area (Å²) in [5, 5.41) is 9.29. The van der Waals surface area contributed by atoms with Gasteiger partial charge in [-0.1, -0.05) is 27.2 Å². The first-order chi connectivity index (χ1) is 8.99. The molecular weight excluding hydrogens is 264 g/mol. The van der Waals surface area contributed by atoms with Crippen molar-refractivity contribution >= 4 is 17.7 Å². The lowest BCUT2D eigenvalue weighted by atomic mass is 9.72. The molecule has 1 aliphatic heterocycles. The van der Waals surface area contributed by atoms with Crippen molar-refractivity contribution in [1.82, 2.24) is 0 Å². The number of aliphatic hydroxyl groups excluding tert-OH is 1. The number of hydrogen-bond donors (Lipinski definition) is 1. The van der Waals surface area contributed by atoms with E-state index in [-0.39, 0.29) is 12.1 Å². The number of rotatable bonds is 3. The summed E-state index contributed by atoms with van der Waals surface area (Å²) in [6, 6.07) is 0. The van der Waals surface area contributed by atoms with Crippen LogP contribution in [0.5, 0.6) is 0 Å². The standard InChI is InChI=1S/C14H24O4S/c1-8(2)12-9(3)5-4-6-10(12)17-13(16)14-18-11(15)7-19-14/h8-12,14-15H,4-7H2,1-3H3/t9-,10?,11+,12-,14?/m1/s1. The van der Waals surface area contributed by atoms with Gasteiger partial charge in [-0.2, -0.15) is 0 Å². The third kappa shape index (κ3) is 3.64. The van der Waals surface area contributed by atoms with Crippen LogP contribution in [0.25, 0.3) is 0 Å². The van der Waals surface area contributed by atoms with Gasteiger partial charge in [-0.15, -0.1) is 11.8 Å². The largest absolute Gasteiger partial charge is 0.459 e. The van der Waals surface area contributed by atoms with Crippen molar-refractivity contribution in [1.29, 1.82) is 0 Å². The molecule has 4 nitrogen and oxygen atoms in total. The lowest BCUT2D eigenvalue weighted by Gasteiger charge is -2.38. The monoisotopic (exact) mass is 288 g/mol. The zero-order valence-corrected chi connectivity index (χ0v) is 12.7. The fourth-order valence-corrected chi connectivity index (χ4v) is 4.15. The molecule has 1 aliphatic carbocycles. The van der Waals surface area contributed by atoms with E-state index < -0.39 is 11.7 Å². The molecule has 0 aromatic rings. The molecule has 1 saturated heterocycles. The Morgan fingerprint density at radius 2 is 2.16 bits per heavy atom. The van der Waals surface area contributed by atoms with Gasteiger partial charge in [0, 0.05) is 11.7 Å². The minimum atomic E-state index is -0.839. The van der Waals surface area contributed by atoms with Crippen molar-refractivity contribution in [2.75, 3.05) is 5.75 Å². The van der Waals surface area contributed by atoms with Gasteiger partial charge in [0.05, 0.1) is 0 Å². The highest BCUT2D eigenvalue weighted by Crippen LogP contribution is 2.37. The Kier molecular flexibility index (Phi) is 5.15. The Morgan fingerprint density at radius 1 is 1.42 bits per heavy atom. The predicted molar refractivity (Wildman–Crippen MR) is 74.6 cm³/mol. The van der Waals surface area contributed by atoms with Crippen molar-refractivity contribution in [3.8, 4) is 0 Å². The van der Waals surface area contributed by atoms with Crippen LogP contribution in [-0.2, 0) is 14.3 Å². The van der Waals surface area contributed by atoms with Crippen molar-refractivity contribution in [3.63, 3.8) is 0 Å². The van der Waals surface area contributed by atoms with Crippen LogP contribution in [0, 0.1) is 17.8 Å². The summed E-state index contributed by atoms with van der Waals surface area (Å²) in [7, 11) is 0. The van der Waals surface area contributed by atoms with Crippen molar-refractivity contribution in [2.24, 2.45) is 17.8 Å². The predicted octanol–water partition coefficient (Wildman–Crippen LogP) is 2.40. The Morgan fingerprint density at radius 3 is 2.74 bits per heavy atom. The summed E-state index contributed by atoms with van der Waals surface area (Å²) in [6.45, 7) is 6.63. The normalized spacial score (nSPS) is 39.5. The van der Waals surface area contributed by atoms with Crippen LogP contribution in [0.2, 0.25) is 0 Å². The van der Waals surface area contributed by atoms with E-state index >= 15 is 0 Å². The van der Waals surface area contributed by atoms with E-state index in [1.165, 1.54) is 18.2 Å². The molecule has 1 heterocycles. The Bertz CT molecular complexity index is 321. The second-order valence-corrected chi connectivity index (χ2v) is 7.06. The number of carbonyl (C=O) groups is 1. The molecule has 1 saturated carbocycles. The molecule has 0 spiro atoms. The fraction of sp³-hybridized carbons (Fsp3) is 0.929. The van der Waals surface area contributed by atoms with Crippen LogP contribution in [-0.4, -0.2) is 34.7 Å². The third-order valence-corrected chi connectivity index (χ3v) is 5.22. The van der Waals surface area contributed by atoms with Crippen molar-refractivity contribution in [2.45, 2.75) is 57.9 Å². The van der Waals surface area contributed by atoms with E-state index in [2.05, 4.69) is 20.8 Å². The number of carbonyl (C=O) groups excluding carboxylic acids is 1. The Hall–Kier alpha value is -0.260. The summed E-state index contributed by atoms with van der Waals surface area (Å²) >= 11 is 1.31. The Labute approximate surface area is 119 Å². The second-order valence-electron chi connectivity index (χ2n) is 5.96. The maximum absolute atomic E-state index is 12.1. The first-order valence-electron chi connectivity index (χ1n) is 7.14. The molecule has 5 atom stereocenters. The maximum atomic E-state index is 12.1. The van der Waals surface area contributed by atoms with Crippen LogP contribution < -0.4 is 0 Å². The van der Waals surface area contributed by atoms with Gasteiger partial charge in [0.1, 0.15) is 6.10 Å². The van der Waals surface area contributed by atoms with Crippen molar-refractivity contribution in [3.05, 3.63) is 0 Å². The van der Waals surface area contributed by atoms with Gasteiger partial charge < -0.3 is 14.6 Å². The van der Waals surface area contributed by atoms with Gasteiger partial charge >= 0.3 is 5.97 Å². The molecule has 0 amide bonds. The van der Waals surface area contributed by atoms with Gasteiger partial charge in [-0.05, 0) is 24.7 Å². The molecule has 2 fully saturated rings. The van der Waals surface area contributed by atoms with E-state index in [0.717, 1.165) is 12.8 Å².